The van der Waals surface area contributed by atoms with E-state index < -0.39 is 0 Å². The molecule has 2 heteroatoms. The van der Waals surface area contributed by atoms with Gasteiger partial charge in [-0.3, -0.25) is 0 Å². The summed E-state index contributed by atoms with van der Waals surface area (Å²) in [5.74, 6) is 0.727. The van der Waals surface area contributed by atoms with Crippen molar-refractivity contribution < 1.29 is 9.47 Å². The minimum atomic E-state index is 0.727. The molecule has 0 aliphatic heterocycles. The Balaban J connectivity index is -0.000000147. The second kappa shape index (κ2) is 23.1. The van der Waals surface area contributed by atoms with Gasteiger partial charge >= 0.3 is 0 Å². The molecule has 0 aliphatic rings. The van der Waals surface area contributed by atoms with Gasteiger partial charge in [-0.1, -0.05) is 40.5 Å². The predicted octanol–water partition coefficient (Wildman–Crippen LogP) is 3.75. The fraction of sp³-hybridized carbons (Fsp3) is 1.00. The Labute approximate surface area is 91.0 Å². The van der Waals surface area contributed by atoms with Crippen LogP contribution in [0.5, 0.6) is 0 Å². The molecule has 0 bridgehead atoms. The molecule has 1 atom stereocenters. The summed E-state index contributed by atoms with van der Waals surface area (Å²) < 4.78 is 9.44. The normalized spacial score (nSPS) is 10.5. The van der Waals surface area contributed by atoms with Crippen LogP contribution in [0.3, 0.4) is 0 Å². The van der Waals surface area contributed by atoms with Crippen molar-refractivity contribution in [3.05, 3.63) is 0 Å². The Kier molecular flexibility index (Phi) is 32.1. The fourth-order valence-corrected chi connectivity index (χ4v) is 0.402. The van der Waals surface area contributed by atoms with E-state index in [9.17, 15) is 0 Å². The highest BCUT2D eigenvalue weighted by molar-refractivity contribution is 4.43. The van der Waals surface area contributed by atoms with Gasteiger partial charge in [0.1, 0.15) is 0 Å². The van der Waals surface area contributed by atoms with Crippen molar-refractivity contribution in [2.45, 2.75) is 47.5 Å². The van der Waals surface area contributed by atoms with Crippen molar-refractivity contribution in [2.75, 3.05) is 27.4 Å². The summed E-state index contributed by atoms with van der Waals surface area (Å²) in [4.78, 5) is 0. The van der Waals surface area contributed by atoms with Crippen molar-refractivity contribution in [3.63, 3.8) is 0 Å². The van der Waals surface area contributed by atoms with Gasteiger partial charge in [0.05, 0.1) is 0 Å². The molecule has 0 aromatic rings. The molecule has 0 saturated carbocycles. The van der Waals surface area contributed by atoms with Gasteiger partial charge in [-0.05, 0) is 12.8 Å². The number of rotatable bonds is 4. The first-order chi connectivity index (χ1) is 6.64. The lowest BCUT2D eigenvalue weighted by molar-refractivity contribution is 0.158. The summed E-state index contributed by atoms with van der Waals surface area (Å²) in [6.07, 6.45) is 2.47. The zero-order valence-electron chi connectivity index (χ0n) is 11.2. The van der Waals surface area contributed by atoms with Gasteiger partial charge in [0.25, 0.3) is 0 Å². The maximum absolute atomic E-state index is 4.89. The summed E-state index contributed by atoms with van der Waals surface area (Å²) >= 11 is 0. The van der Waals surface area contributed by atoms with Gasteiger partial charge < -0.3 is 9.47 Å². The predicted molar refractivity (Wildman–Crippen MR) is 64.8 cm³/mol. The van der Waals surface area contributed by atoms with E-state index in [1.807, 2.05) is 6.92 Å². The SMILES string of the molecule is CCC.CCC(C)COC.CCOC. The second-order valence-corrected chi connectivity index (χ2v) is 3.25. The van der Waals surface area contributed by atoms with Crippen LogP contribution in [0.25, 0.3) is 0 Å². The molecule has 0 heterocycles. The first kappa shape index (κ1) is 19.5. The minimum absolute atomic E-state index is 0.727. The van der Waals surface area contributed by atoms with E-state index in [0.717, 1.165) is 19.1 Å². The highest BCUT2D eigenvalue weighted by Crippen LogP contribution is 1.98. The van der Waals surface area contributed by atoms with Crippen LogP contribution in [0.2, 0.25) is 0 Å². The summed E-state index contributed by atoms with van der Waals surface area (Å²) in [6.45, 7) is 12.3. The maximum atomic E-state index is 4.89. The second-order valence-electron chi connectivity index (χ2n) is 3.25. The summed E-state index contributed by atoms with van der Waals surface area (Å²) in [7, 11) is 3.42. The quantitative estimate of drug-likeness (QED) is 0.697. The number of ether oxygens (including phenoxy) is 2. The number of hydrogen-bond donors (Lipinski definition) is 0. The van der Waals surface area contributed by atoms with Gasteiger partial charge in [-0.25, -0.2) is 0 Å². The molecular formula is C12H30O2. The highest BCUT2D eigenvalue weighted by atomic mass is 16.5. The Morgan fingerprint density at radius 2 is 1.29 bits per heavy atom. The zero-order valence-corrected chi connectivity index (χ0v) is 11.2. The molecule has 0 fully saturated rings. The molecular weight excluding hydrogens is 176 g/mol. The van der Waals surface area contributed by atoms with Crippen molar-refractivity contribution in [3.8, 4) is 0 Å². The first-order valence-corrected chi connectivity index (χ1v) is 5.62. The van der Waals surface area contributed by atoms with E-state index in [0.29, 0.717) is 0 Å². The molecule has 14 heavy (non-hydrogen) atoms. The minimum Gasteiger partial charge on any atom is -0.385 e. The molecule has 0 spiro atoms. The molecule has 0 N–H and O–H groups in total. The van der Waals surface area contributed by atoms with Crippen LogP contribution in [0.1, 0.15) is 47.5 Å². The third-order valence-corrected chi connectivity index (χ3v) is 1.44. The molecule has 0 aromatic carbocycles. The number of methoxy groups -OCH3 is 2. The Morgan fingerprint density at radius 1 is 0.929 bits per heavy atom. The van der Waals surface area contributed by atoms with Gasteiger partial charge in [-0.15, -0.1) is 0 Å². The smallest absolute Gasteiger partial charge is 0.0487 e. The Morgan fingerprint density at radius 3 is 1.36 bits per heavy atom. The van der Waals surface area contributed by atoms with E-state index in [2.05, 4.69) is 32.4 Å². The van der Waals surface area contributed by atoms with Crippen molar-refractivity contribution in [2.24, 2.45) is 5.92 Å². The molecule has 0 saturated heterocycles. The lowest BCUT2D eigenvalue weighted by Gasteiger charge is -2.03. The van der Waals surface area contributed by atoms with Gasteiger partial charge in [0.2, 0.25) is 0 Å². The van der Waals surface area contributed by atoms with Crippen LogP contribution < -0.4 is 0 Å². The van der Waals surface area contributed by atoms with E-state index >= 15 is 0 Å². The molecule has 2 nitrogen and oxygen atoms in total. The zero-order chi connectivity index (χ0) is 11.8. The molecule has 0 amide bonds. The average Bonchev–Trinajstić information content (AvgIpc) is 2.20. The number of hydrogen-bond acceptors (Lipinski definition) is 2. The van der Waals surface area contributed by atoms with Gasteiger partial charge in [0.15, 0.2) is 0 Å². The fourth-order valence-electron chi connectivity index (χ4n) is 0.402. The highest BCUT2D eigenvalue weighted by Gasteiger charge is 1.93. The van der Waals surface area contributed by atoms with E-state index in [1.165, 1.54) is 12.8 Å². The lowest BCUT2D eigenvalue weighted by atomic mass is 10.1. The third kappa shape index (κ3) is 40.6. The first-order valence-electron chi connectivity index (χ1n) is 5.62. The standard InChI is InChI=1S/C6H14O.C3H8O.C3H8/c1-4-6(2)5-7-3;1-3-4-2;1-3-2/h6H,4-5H2,1-3H3;3H2,1-2H3;3H2,1-2H3. The monoisotopic (exact) mass is 206 g/mol. The van der Waals surface area contributed by atoms with Crippen LogP contribution >= 0.6 is 0 Å². The molecule has 0 aliphatic carbocycles. The summed E-state index contributed by atoms with van der Waals surface area (Å²) in [6, 6.07) is 0. The van der Waals surface area contributed by atoms with Crippen LogP contribution in [-0.4, -0.2) is 27.4 Å². The molecule has 1 unspecified atom stereocenters. The topological polar surface area (TPSA) is 18.5 Å². The largest absolute Gasteiger partial charge is 0.385 e. The molecule has 90 valence electrons. The van der Waals surface area contributed by atoms with Crippen LogP contribution in [0, 0.1) is 5.92 Å². The van der Waals surface area contributed by atoms with E-state index in [4.69, 9.17) is 4.74 Å². The van der Waals surface area contributed by atoms with Gasteiger partial charge in [-0.2, -0.15) is 0 Å². The van der Waals surface area contributed by atoms with E-state index in [-0.39, 0.29) is 0 Å². The average molecular weight is 206 g/mol. The van der Waals surface area contributed by atoms with Crippen LogP contribution in [-0.2, 0) is 9.47 Å². The summed E-state index contributed by atoms with van der Waals surface area (Å²) in [5, 5.41) is 0. The summed E-state index contributed by atoms with van der Waals surface area (Å²) in [5.41, 5.74) is 0. The van der Waals surface area contributed by atoms with E-state index in [1.54, 1.807) is 14.2 Å². The van der Waals surface area contributed by atoms with Gasteiger partial charge in [0, 0.05) is 27.4 Å². The van der Waals surface area contributed by atoms with Crippen molar-refractivity contribution >= 4 is 0 Å². The van der Waals surface area contributed by atoms with Crippen molar-refractivity contribution in [1.29, 1.82) is 0 Å². The Bertz CT molecular complexity index is 63.3. The molecule has 0 radical (unpaired) electrons. The molecule has 0 rings (SSSR count). The van der Waals surface area contributed by atoms with Crippen LogP contribution in [0.4, 0.5) is 0 Å². The lowest BCUT2D eigenvalue weighted by Crippen LogP contribution is -2.00. The van der Waals surface area contributed by atoms with Crippen LogP contribution in [0.15, 0.2) is 0 Å². The van der Waals surface area contributed by atoms with Crippen molar-refractivity contribution in [1.82, 2.24) is 0 Å². The Hall–Kier alpha value is -0.0800. The third-order valence-electron chi connectivity index (χ3n) is 1.44. The maximum Gasteiger partial charge on any atom is 0.0487 e. The molecule has 0 aromatic heterocycles.